The third-order valence-electron chi connectivity index (χ3n) is 2.01. The number of ether oxygens (including phenoxy) is 1. The average Bonchev–Trinajstić information content (AvgIpc) is 2.28. The van der Waals surface area contributed by atoms with E-state index in [9.17, 15) is 13.2 Å². The monoisotopic (exact) mass is 258 g/mol. The van der Waals surface area contributed by atoms with Crippen LogP contribution in [0.5, 0.6) is 0 Å². The second kappa shape index (κ2) is 5.65. The summed E-state index contributed by atoms with van der Waals surface area (Å²) in [6, 6.07) is 6.75. The Kier molecular flexibility index (Phi) is 4.47. The second-order valence-electron chi connectivity index (χ2n) is 3.40. The summed E-state index contributed by atoms with van der Waals surface area (Å²) in [5.74, 6) is -1.48. The zero-order chi connectivity index (χ0) is 12.9. The Morgan fingerprint density at radius 2 is 1.94 bits per heavy atom. The summed E-state index contributed by atoms with van der Waals surface area (Å²) in [6.07, 6.45) is 0. The Morgan fingerprint density at radius 3 is 2.47 bits per heavy atom. The fourth-order valence-electron chi connectivity index (χ4n) is 1.09. The summed E-state index contributed by atoms with van der Waals surface area (Å²) in [6.45, 7) is 0.111. The number of esters is 1. The normalized spacial score (nSPS) is 11.1. The van der Waals surface area contributed by atoms with E-state index in [1.165, 1.54) is 0 Å². The third-order valence-corrected chi connectivity index (χ3v) is 3.21. The number of hydrogen-bond acceptors (Lipinski definition) is 5. The Bertz CT molecular complexity index is 482. The van der Waals surface area contributed by atoms with Gasteiger partial charge in [0.1, 0.15) is 0 Å². The first-order valence-electron chi connectivity index (χ1n) is 4.81. The topological polar surface area (TPSA) is 98.5 Å². The van der Waals surface area contributed by atoms with Crippen LogP contribution in [0.25, 0.3) is 0 Å². The third kappa shape index (κ3) is 4.83. The van der Waals surface area contributed by atoms with Crippen LogP contribution in [-0.4, -0.2) is 27.2 Å². The molecule has 0 saturated carbocycles. The predicted molar refractivity (Wildman–Crippen MR) is 63.5 cm³/mol. The lowest BCUT2D eigenvalue weighted by Gasteiger charge is -2.05. The molecule has 0 aromatic heterocycles. The van der Waals surface area contributed by atoms with E-state index >= 15 is 0 Å². The van der Waals surface area contributed by atoms with Gasteiger partial charge in [-0.3, -0.25) is 4.79 Å². The number of carbonyl (C=O) groups excluding carboxylic acids is 1. The maximum atomic E-state index is 11.4. The summed E-state index contributed by atoms with van der Waals surface area (Å²) >= 11 is 0. The number of benzene rings is 1. The second-order valence-corrected chi connectivity index (χ2v) is 5.20. The molecule has 0 amide bonds. The Labute approximate surface area is 99.8 Å². The van der Waals surface area contributed by atoms with Crippen molar-refractivity contribution in [2.75, 3.05) is 18.6 Å². The first-order chi connectivity index (χ1) is 7.93. The highest BCUT2D eigenvalue weighted by Crippen LogP contribution is 2.05. The lowest BCUT2D eigenvalue weighted by molar-refractivity contribution is -0.137. The number of sulfonamides is 1. The molecule has 7 heteroatoms. The van der Waals surface area contributed by atoms with E-state index in [1.54, 1.807) is 24.3 Å². The minimum absolute atomic E-state index is 0.111. The van der Waals surface area contributed by atoms with Gasteiger partial charge < -0.3 is 10.5 Å². The maximum Gasteiger partial charge on any atom is 0.322 e. The molecular weight excluding hydrogens is 244 g/mol. The highest BCUT2D eigenvalue weighted by atomic mass is 32.2. The van der Waals surface area contributed by atoms with Gasteiger partial charge in [0.2, 0.25) is 10.0 Å². The van der Waals surface area contributed by atoms with E-state index < -0.39 is 21.7 Å². The van der Waals surface area contributed by atoms with E-state index in [0.717, 1.165) is 12.7 Å². The minimum atomic E-state index is -3.66. The average molecular weight is 258 g/mol. The molecule has 17 heavy (non-hydrogen) atoms. The van der Waals surface area contributed by atoms with Crippen LogP contribution in [0.4, 0.5) is 5.69 Å². The van der Waals surface area contributed by atoms with Gasteiger partial charge in [0.15, 0.2) is 5.75 Å². The Hall–Kier alpha value is -1.60. The smallest absolute Gasteiger partial charge is 0.322 e. The number of nitrogens with one attached hydrogen (secondary N) is 1. The van der Waals surface area contributed by atoms with Crippen molar-refractivity contribution in [3.8, 4) is 0 Å². The molecule has 0 saturated heterocycles. The number of carbonyl (C=O) groups is 1. The van der Waals surface area contributed by atoms with E-state index in [2.05, 4.69) is 9.46 Å². The van der Waals surface area contributed by atoms with Gasteiger partial charge in [0.05, 0.1) is 7.11 Å². The fourth-order valence-corrected chi connectivity index (χ4v) is 2.01. The SMILES string of the molecule is COC(=O)CS(=O)(=O)NCc1ccc(N)cc1. The van der Waals surface area contributed by atoms with Crippen molar-refractivity contribution in [3.05, 3.63) is 29.8 Å². The number of nitrogen functional groups attached to an aromatic ring is 1. The standard InChI is InChI=1S/C10H14N2O4S/c1-16-10(13)7-17(14,15)12-6-8-2-4-9(11)5-3-8/h2-5,12H,6-7,11H2,1H3. The molecule has 0 fully saturated rings. The lowest BCUT2D eigenvalue weighted by atomic mass is 10.2. The summed E-state index contributed by atoms with van der Waals surface area (Å²) in [5, 5.41) is 0. The van der Waals surface area contributed by atoms with Crippen LogP contribution >= 0.6 is 0 Å². The first-order valence-corrected chi connectivity index (χ1v) is 6.47. The van der Waals surface area contributed by atoms with Gasteiger partial charge >= 0.3 is 5.97 Å². The number of hydrogen-bond donors (Lipinski definition) is 2. The van der Waals surface area contributed by atoms with E-state index in [-0.39, 0.29) is 6.54 Å². The van der Waals surface area contributed by atoms with Crippen LogP contribution in [0.15, 0.2) is 24.3 Å². The fraction of sp³-hybridized carbons (Fsp3) is 0.300. The number of nitrogens with two attached hydrogens (primary N) is 1. The summed E-state index contributed by atoms with van der Waals surface area (Å²) < 4.78 is 29.4. The van der Waals surface area contributed by atoms with Crippen LogP contribution in [0, 0.1) is 0 Å². The maximum absolute atomic E-state index is 11.4. The molecule has 0 bridgehead atoms. The van der Waals surface area contributed by atoms with Crippen LogP contribution in [0.1, 0.15) is 5.56 Å². The molecule has 0 aliphatic rings. The Morgan fingerprint density at radius 1 is 1.35 bits per heavy atom. The largest absolute Gasteiger partial charge is 0.468 e. The van der Waals surface area contributed by atoms with E-state index in [1.807, 2.05) is 0 Å². The highest BCUT2D eigenvalue weighted by molar-refractivity contribution is 7.90. The minimum Gasteiger partial charge on any atom is -0.468 e. The van der Waals surface area contributed by atoms with Crippen LogP contribution < -0.4 is 10.5 Å². The lowest BCUT2D eigenvalue weighted by Crippen LogP contribution is -2.30. The van der Waals surface area contributed by atoms with Crippen molar-refractivity contribution in [2.24, 2.45) is 0 Å². The molecule has 1 aromatic carbocycles. The molecule has 0 heterocycles. The molecule has 0 aliphatic carbocycles. The molecular formula is C10H14N2O4S. The van der Waals surface area contributed by atoms with Gasteiger partial charge in [0, 0.05) is 12.2 Å². The zero-order valence-electron chi connectivity index (χ0n) is 9.34. The molecule has 0 aliphatic heterocycles. The molecule has 0 unspecified atom stereocenters. The summed E-state index contributed by atoms with van der Waals surface area (Å²) in [5.41, 5.74) is 6.85. The van der Waals surface area contributed by atoms with Gasteiger partial charge in [-0.1, -0.05) is 12.1 Å². The number of anilines is 1. The van der Waals surface area contributed by atoms with Gasteiger partial charge in [-0.05, 0) is 17.7 Å². The van der Waals surface area contributed by atoms with Gasteiger partial charge in [-0.25, -0.2) is 13.1 Å². The molecule has 1 aromatic rings. The van der Waals surface area contributed by atoms with Gasteiger partial charge in [0.25, 0.3) is 0 Å². The van der Waals surface area contributed by atoms with Crippen LogP contribution in [0.3, 0.4) is 0 Å². The quantitative estimate of drug-likeness (QED) is 0.566. The van der Waals surface area contributed by atoms with E-state index in [0.29, 0.717) is 5.69 Å². The number of methoxy groups -OCH3 is 1. The van der Waals surface area contributed by atoms with E-state index in [4.69, 9.17) is 5.73 Å². The van der Waals surface area contributed by atoms with Crippen LogP contribution in [-0.2, 0) is 26.1 Å². The molecule has 94 valence electrons. The predicted octanol–water partition coefficient (Wildman–Crippen LogP) is -0.139. The van der Waals surface area contributed by atoms with Gasteiger partial charge in [-0.2, -0.15) is 0 Å². The summed E-state index contributed by atoms with van der Waals surface area (Å²) in [4.78, 5) is 10.8. The van der Waals surface area contributed by atoms with Crippen molar-refractivity contribution < 1.29 is 17.9 Å². The summed E-state index contributed by atoms with van der Waals surface area (Å²) in [7, 11) is -2.52. The van der Waals surface area contributed by atoms with Crippen molar-refractivity contribution in [2.45, 2.75) is 6.54 Å². The zero-order valence-corrected chi connectivity index (χ0v) is 10.2. The Balaban J connectivity index is 2.55. The molecule has 0 spiro atoms. The highest BCUT2D eigenvalue weighted by Gasteiger charge is 2.16. The van der Waals surface area contributed by atoms with Crippen LogP contribution in [0.2, 0.25) is 0 Å². The first kappa shape index (κ1) is 13.5. The molecule has 1 rings (SSSR count). The number of rotatable bonds is 5. The molecule has 0 atom stereocenters. The molecule has 6 nitrogen and oxygen atoms in total. The molecule has 3 N–H and O–H groups in total. The van der Waals surface area contributed by atoms with Crippen molar-refractivity contribution in [3.63, 3.8) is 0 Å². The molecule has 0 radical (unpaired) electrons. The van der Waals surface area contributed by atoms with Gasteiger partial charge in [-0.15, -0.1) is 0 Å². The van der Waals surface area contributed by atoms with Crippen molar-refractivity contribution >= 4 is 21.7 Å². The van der Waals surface area contributed by atoms with Crippen molar-refractivity contribution in [1.82, 2.24) is 4.72 Å². The van der Waals surface area contributed by atoms with Crippen molar-refractivity contribution in [1.29, 1.82) is 0 Å².